The Morgan fingerprint density at radius 3 is 3.00 bits per heavy atom. The number of aryl methyl sites for hydroxylation is 1. The minimum Gasteiger partial charge on any atom is -0.442 e. The van der Waals surface area contributed by atoms with E-state index in [-0.39, 0.29) is 0 Å². The molecule has 0 aliphatic rings. The van der Waals surface area contributed by atoms with Crippen molar-refractivity contribution >= 4 is 22.0 Å². The SMILES string of the molecule is Cc1cnc(/C=C/Br)o1. The third-order valence-electron chi connectivity index (χ3n) is 0.845. The molecule has 9 heavy (non-hydrogen) atoms. The summed E-state index contributed by atoms with van der Waals surface area (Å²) in [5, 5.41) is 0. The quantitative estimate of drug-likeness (QED) is 0.675. The number of nitrogens with zero attached hydrogens (tertiary/aromatic N) is 1. The summed E-state index contributed by atoms with van der Waals surface area (Å²) < 4.78 is 5.10. The maximum atomic E-state index is 5.10. The fourth-order valence-electron chi connectivity index (χ4n) is 0.503. The Balaban J connectivity index is 2.85. The Labute approximate surface area is 61.7 Å². The van der Waals surface area contributed by atoms with Gasteiger partial charge in [-0.05, 0) is 11.9 Å². The Morgan fingerprint density at radius 1 is 1.78 bits per heavy atom. The van der Waals surface area contributed by atoms with E-state index >= 15 is 0 Å². The predicted molar refractivity (Wildman–Crippen MR) is 39.2 cm³/mol. The van der Waals surface area contributed by atoms with E-state index in [9.17, 15) is 0 Å². The molecule has 1 heterocycles. The van der Waals surface area contributed by atoms with Gasteiger partial charge in [-0.1, -0.05) is 15.9 Å². The van der Waals surface area contributed by atoms with E-state index in [1.54, 1.807) is 17.3 Å². The minimum atomic E-state index is 0.629. The lowest BCUT2D eigenvalue weighted by atomic mass is 10.6. The fourth-order valence-corrected chi connectivity index (χ4v) is 0.729. The second-order valence-electron chi connectivity index (χ2n) is 1.60. The van der Waals surface area contributed by atoms with Crippen LogP contribution in [0.4, 0.5) is 0 Å². The summed E-state index contributed by atoms with van der Waals surface area (Å²) in [7, 11) is 0. The number of halogens is 1. The Bertz CT molecular complexity index is 217. The molecule has 0 amide bonds. The topological polar surface area (TPSA) is 26.0 Å². The normalized spacial score (nSPS) is 10.9. The van der Waals surface area contributed by atoms with Crippen LogP contribution in [0, 0.1) is 6.92 Å². The van der Waals surface area contributed by atoms with Gasteiger partial charge in [-0.25, -0.2) is 4.98 Å². The summed E-state index contributed by atoms with van der Waals surface area (Å²) in [4.78, 5) is 5.63. The number of rotatable bonds is 1. The van der Waals surface area contributed by atoms with Crippen molar-refractivity contribution < 1.29 is 4.42 Å². The van der Waals surface area contributed by atoms with Crippen molar-refractivity contribution in [1.82, 2.24) is 4.98 Å². The molecule has 1 aromatic heterocycles. The highest BCUT2D eigenvalue weighted by molar-refractivity contribution is 9.11. The molecule has 0 unspecified atom stereocenters. The largest absolute Gasteiger partial charge is 0.442 e. The van der Waals surface area contributed by atoms with Crippen LogP contribution in [0.15, 0.2) is 15.6 Å². The summed E-state index contributed by atoms with van der Waals surface area (Å²) >= 11 is 3.11. The van der Waals surface area contributed by atoms with Crippen molar-refractivity contribution in [3.05, 3.63) is 22.8 Å². The molecule has 0 saturated heterocycles. The summed E-state index contributed by atoms with van der Waals surface area (Å²) in [6.07, 6.45) is 3.43. The lowest BCUT2D eigenvalue weighted by molar-refractivity contribution is 0.517. The van der Waals surface area contributed by atoms with Gasteiger partial charge in [-0.3, -0.25) is 0 Å². The molecule has 2 nitrogen and oxygen atoms in total. The summed E-state index contributed by atoms with van der Waals surface area (Å²) in [6.45, 7) is 1.86. The van der Waals surface area contributed by atoms with Gasteiger partial charge in [0.15, 0.2) is 0 Å². The molecule has 0 radical (unpaired) electrons. The number of hydrogen-bond donors (Lipinski definition) is 0. The highest BCUT2D eigenvalue weighted by Gasteiger charge is 1.91. The van der Waals surface area contributed by atoms with Gasteiger partial charge < -0.3 is 4.42 Å². The molecule has 3 heteroatoms. The van der Waals surface area contributed by atoms with Gasteiger partial charge in [0, 0.05) is 6.08 Å². The summed E-state index contributed by atoms with van der Waals surface area (Å²) in [6, 6.07) is 0. The Morgan fingerprint density at radius 2 is 2.56 bits per heavy atom. The van der Waals surface area contributed by atoms with Crippen molar-refractivity contribution in [2.75, 3.05) is 0 Å². The van der Waals surface area contributed by atoms with Gasteiger partial charge in [0.25, 0.3) is 0 Å². The Kier molecular flexibility index (Phi) is 2.05. The van der Waals surface area contributed by atoms with Crippen LogP contribution in [-0.2, 0) is 0 Å². The first kappa shape index (κ1) is 6.55. The van der Waals surface area contributed by atoms with Crippen molar-refractivity contribution in [2.24, 2.45) is 0 Å². The van der Waals surface area contributed by atoms with Gasteiger partial charge in [-0.15, -0.1) is 0 Å². The predicted octanol–water partition coefficient (Wildman–Crippen LogP) is 2.35. The van der Waals surface area contributed by atoms with Crippen LogP contribution in [0.25, 0.3) is 6.08 Å². The van der Waals surface area contributed by atoms with Crippen LogP contribution in [-0.4, -0.2) is 4.98 Å². The first-order valence-corrected chi connectivity index (χ1v) is 3.43. The highest BCUT2D eigenvalue weighted by Crippen LogP contribution is 2.03. The average molecular weight is 188 g/mol. The minimum absolute atomic E-state index is 0.629. The number of hydrogen-bond acceptors (Lipinski definition) is 2. The zero-order valence-corrected chi connectivity index (χ0v) is 6.55. The van der Waals surface area contributed by atoms with Crippen LogP contribution in [0.1, 0.15) is 11.7 Å². The van der Waals surface area contributed by atoms with Crippen molar-refractivity contribution in [3.63, 3.8) is 0 Å². The van der Waals surface area contributed by atoms with Crippen LogP contribution < -0.4 is 0 Å². The zero-order valence-electron chi connectivity index (χ0n) is 4.97. The molecule has 0 aromatic carbocycles. The van der Waals surface area contributed by atoms with Crippen LogP contribution >= 0.6 is 15.9 Å². The molecule has 0 spiro atoms. The van der Waals surface area contributed by atoms with E-state index in [4.69, 9.17) is 4.42 Å². The number of oxazole rings is 1. The highest BCUT2D eigenvalue weighted by atomic mass is 79.9. The van der Waals surface area contributed by atoms with E-state index in [1.165, 1.54) is 0 Å². The van der Waals surface area contributed by atoms with E-state index < -0.39 is 0 Å². The van der Waals surface area contributed by atoms with Crippen molar-refractivity contribution in [3.8, 4) is 0 Å². The molecule has 1 rings (SSSR count). The van der Waals surface area contributed by atoms with Crippen molar-refractivity contribution in [2.45, 2.75) is 6.92 Å². The van der Waals surface area contributed by atoms with Gasteiger partial charge >= 0.3 is 0 Å². The third kappa shape index (κ3) is 1.68. The van der Waals surface area contributed by atoms with Crippen LogP contribution in [0.2, 0.25) is 0 Å². The smallest absolute Gasteiger partial charge is 0.219 e. The van der Waals surface area contributed by atoms with E-state index in [0.717, 1.165) is 5.76 Å². The molecule has 0 aliphatic heterocycles. The molecule has 0 bridgehead atoms. The lowest BCUT2D eigenvalue weighted by Gasteiger charge is -1.77. The Hall–Kier alpha value is -0.570. The van der Waals surface area contributed by atoms with E-state index in [0.29, 0.717) is 5.89 Å². The van der Waals surface area contributed by atoms with Crippen LogP contribution in [0.5, 0.6) is 0 Å². The fraction of sp³-hybridized carbons (Fsp3) is 0.167. The van der Waals surface area contributed by atoms with Crippen LogP contribution in [0.3, 0.4) is 0 Å². The molecular formula is C6H6BrNO. The molecule has 0 aliphatic carbocycles. The first-order valence-electron chi connectivity index (χ1n) is 2.52. The second kappa shape index (κ2) is 2.82. The maximum absolute atomic E-state index is 5.10. The van der Waals surface area contributed by atoms with Gasteiger partial charge in [0.05, 0.1) is 6.20 Å². The van der Waals surface area contributed by atoms with Gasteiger partial charge in [0.2, 0.25) is 5.89 Å². The number of aromatic nitrogens is 1. The standard InChI is InChI=1S/C6H6BrNO/c1-5-4-8-6(9-5)2-3-7/h2-4H,1H3/b3-2+. The monoisotopic (exact) mass is 187 g/mol. The first-order chi connectivity index (χ1) is 4.33. The summed E-state index contributed by atoms with van der Waals surface area (Å²) in [5.41, 5.74) is 0. The lowest BCUT2D eigenvalue weighted by Crippen LogP contribution is -1.62. The molecule has 0 saturated carbocycles. The average Bonchev–Trinajstić information content (AvgIpc) is 2.17. The second-order valence-corrected chi connectivity index (χ2v) is 2.13. The van der Waals surface area contributed by atoms with E-state index in [2.05, 4.69) is 20.9 Å². The molecule has 1 aromatic rings. The zero-order chi connectivity index (χ0) is 6.69. The van der Waals surface area contributed by atoms with Gasteiger partial charge in [-0.2, -0.15) is 0 Å². The van der Waals surface area contributed by atoms with E-state index in [1.807, 2.05) is 6.92 Å². The molecule has 0 atom stereocenters. The maximum Gasteiger partial charge on any atom is 0.219 e. The summed E-state index contributed by atoms with van der Waals surface area (Å²) in [5.74, 6) is 1.46. The third-order valence-corrected chi connectivity index (χ3v) is 1.11. The molecule has 48 valence electrons. The molecular weight excluding hydrogens is 182 g/mol. The molecule has 0 fully saturated rings. The van der Waals surface area contributed by atoms with Gasteiger partial charge in [0.1, 0.15) is 5.76 Å². The van der Waals surface area contributed by atoms with Crippen molar-refractivity contribution in [1.29, 1.82) is 0 Å². The molecule has 0 N–H and O–H groups in total.